The van der Waals surface area contributed by atoms with Crippen molar-refractivity contribution in [3.63, 3.8) is 0 Å². The van der Waals surface area contributed by atoms with Crippen LogP contribution in [0.25, 0.3) is 10.9 Å². The van der Waals surface area contributed by atoms with Crippen LogP contribution in [-0.4, -0.2) is 58.2 Å². The van der Waals surface area contributed by atoms with Crippen LogP contribution in [0.5, 0.6) is 5.75 Å². The Morgan fingerprint density at radius 3 is 2.69 bits per heavy atom. The van der Waals surface area contributed by atoms with Crippen LogP contribution in [0.3, 0.4) is 0 Å². The molecule has 0 amide bonds. The number of likely N-dealkylation sites (tertiary alicyclic amines) is 1. The van der Waals surface area contributed by atoms with E-state index in [1.807, 2.05) is 37.9 Å². The predicted molar refractivity (Wildman–Crippen MR) is 143 cm³/mol. The molecule has 4 rings (SSSR count). The van der Waals surface area contributed by atoms with E-state index in [0.29, 0.717) is 34.9 Å². The number of fused-ring (bicyclic) bond motifs is 1. The minimum Gasteiger partial charge on any atom is -0.492 e. The summed E-state index contributed by atoms with van der Waals surface area (Å²) >= 11 is 5.95. The molecule has 1 aromatic heterocycles. The Bertz CT molecular complexity index is 1300. The van der Waals surface area contributed by atoms with Gasteiger partial charge in [-0.15, -0.1) is 0 Å². The van der Waals surface area contributed by atoms with Crippen molar-refractivity contribution < 1.29 is 9.13 Å². The fourth-order valence-electron chi connectivity index (χ4n) is 4.28. The average molecular weight is 511 g/mol. The molecule has 3 aromatic rings. The van der Waals surface area contributed by atoms with Gasteiger partial charge in [0.1, 0.15) is 23.7 Å². The summed E-state index contributed by atoms with van der Waals surface area (Å²) in [5.41, 5.74) is 1.48. The van der Waals surface area contributed by atoms with Gasteiger partial charge in [-0.05, 0) is 78.0 Å². The third-order valence-corrected chi connectivity index (χ3v) is 6.74. The van der Waals surface area contributed by atoms with Gasteiger partial charge < -0.3 is 15.0 Å². The predicted octanol–water partition coefficient (Wildman–Crippen LogP) is 4.96. The highest BCUT2D eigenvalue weighted by Gasteiger charge is 2.30. The first-order chi connectivity index (χ1) is 17.2. The maximum atomic E-state index is 13.6. The lowest BCUT2D eigenvalue weighted by Crippen LogP contribution is -2.56. The number of benzene rings is 2. The number of nitrogens with zero attached hydrogens (tertiary/aromatic N) is 4. The van der Waals surface area contributed by atoms with E-state index >= 15 is 0 Å². The molecule has 190 valence electrons. The molecule has 9 heteroatoms. The molecule has 1 saturated heterocycles. The normalized spacial score (nSPS) is 15.1. The molecular weight excluding hydrogens is 479 g/mol. The summed E-state index contributed by atoms with van der Waals surface area (Å²) in [5.74, 6) is 14.0. The van der Waals surface area contributed by atoms with Crippen LogP contribution in [0.4, 0.5) is 15.9 Å². The second-order valence-corrected chi connectivity index (χ2v) is 9.93. The molecule has 2 heterocycles. The molecule has 0 saturated carbocycles. The number of piperidine rings is 1. The van der Waals surface area contributed by atoms with E-state index in [0.717, 1.165) is 31.3 Å². The van der Waals surface area contributed by atoms with Crippen LogP contribution >= 0.6 is 11.6 Å². The molecule has 0 spiro atoms. The van der Waals surface area contributed by atoms with E-state index in [1.165, 1.54) is 18.5 Å². The number of halogens is 2. The molecule has 0 atom stereocenters. The lowest BCUT2D eigenvalue weighted by atomic mass is 9.97. The first-order valence-corrected chi connectivity index (χ1v) is 12.4. The van der Waals surface area contributed by atoms with Crippen molar-refractivity contribution in [3.8, 4) is 17.6 Å². The molecule has 1 aliphatic heterocycles. The Balaban J connectivity index is 1.68. The highest BCUT2D eigenvalue weighted by atomic mass is 35.5. The number of ether oxygens (including phenoxy) is 1. The largest absolute Gasteiger partial charge is 0.492 e. The van der Waals surface area contributed by atoms with Crippen LogP contribution in [0.15, 0.2) is 36.7 Å². The lowest BCUT2D eigenvalue weighted by Gasteiger charge is -2.40. The molecule has 0 radical (unpaired) electrons. The Hall–Kier alpha value is -2.96. The highest BCUT2D eigenvalue weighted by Crippen LogP contribution is 2.31. The molecule has 0 unspecified atom stereocenters. The standard InChI is InChI=1S/C27H32ClFN6O/c1-5-36-25-16-24-21(26(32-17-31-24)33-19-6-7-23(29)22(28)15-19)14-18(25)8-11-27(2,3)35(30)20-9-12-34(4)13-10-20/h6-7,14-17,20H,5,9-10,12-13,30H2,1-4H3,(H,31,32,33). The summed E-state index contributed by atoms with van der Waals surface area (Å²) in [6, 6.07) is 8.47. The summed E-state index contributed by atoms with van der Waals surface area (Å²) in [6.45, 7) is 8.54. The zero-order valence-electron chi connectivity index (χ0n) is 21.1. The molecule has 7 nitrogen and oxygen atoms in total. The van der Waals surface area contributed by atoms with Crippen LogP contribution in [0, 0.1) is 17.7 Å². The number of hydrazine groups is 1. The highest BCUT2D eigenvalue weighted by molar-refractivity contribution is 6.31. The van der Waals surface area contributed by atoms with Gasteiger partial charge in [0.05, 0.1) is 28.2 Å². The summed E-state index contributed by atoms with van der Waals surface area (Å²) in [5, 5.41) is 5.88. The van der Waals surface area contributed by atoms with E-state index in [1.54, 1.807) is 6.07 Å². The van der Waals surface area contributed by atoms with Crippen molar-refractivity contribution >= 4 is 34.0 Å². The summed E-state index contributed by atoms with van der Waals surface area (Å²) in [6.07, 6.45) is 3.49. The smallest absolute Gasteiger partial charge is 0.141 e. The number of nitrogens with two attached hydrogens (primary N) is 1. The van der Waals surface area contributed by atoms with Crippen molar-refractivity contribution in [2.75, 3.05) is 32.1 Å². The van der Waals surface area contributed by atoms with Gasteiger partial charge in [0, 0.05) is 23.2 Å². The van der Waals surface area contributed by atoms with Gasteiger partial charge in [0.15, 0.2) is 0 Å². The van der Waals surface area contributed by atoms with E-state index in [9.17, 15) is 4.39 Å². The van der Waals surface area contributed by atoms with Gasteiger partial charge >= 0.3 is 0 Å². The van der Waals surface area contributed by atoms with E-state index in [2.05, 4.69) is 39.1 Å². The SMILES string of the molecule is CCOc1cc2ncnc(Nc3ccc(F)c(Cl)c3)c2cc1C#CC(C)(C)N(N)C1CCN(C)CC1. The molecule has 1 aliphatic rings. The van der Waals surface area contributed by atoms with Gasteiger partial charge in [-0.2, -0.15) is 0 Å². The summed E-state index contributed by atoms with van der Waals surface area (Å²) < 4.78 is 19.5. The maximum Gasteiger partial charge on any atom is 0.141 e. The fourth-order valence-corrected chi connectivity index (χ4v) is 4.46. The van der Waals surface area contributed by atoms with Gasteiger partial charge in [-0.3, -0.25) is 5.84 Å². The number of nitrogens with one attached hydrogen (secondary N) is 1. The van der Waals surface area contributed by atoms with Crippen LogP contribution in [0.2, 0.25) is 5.02 Å². The fraction of sp³-hybridized carbons (Fsp3) is 0.407. The van der Waals surface area contributed by atoms with Crippen molar-refractivity contribution in [2.45, 2.75) is 45.2 Å². The first-order valence-electron chi connectivity index (χ1n) is 12.1. The number of anilines is 2. The Morgan fingerprint density at radius 2 is 2.00 bits per heavy atom. The van der Waals surface area contributed by atoms with Crippen molar-refractivity contribution in [1.29, 1.82) is 0 Å². The van der Waals surface area contributed by atoms with Crippen molar-refractivity contribution in [3.05, 3.63) is 53.1 Å². The second-order valence-electron chi connectivity index (χ2n) is 9.53. The lowest BCUT2D eigenvalue weighted by molar-refractivity contribution is 0.0648. The topological polar surface area (TPSA) is 79.5 Å². The first kappa shape index (κ1) is 26.1. The van der Waals surface area contributed by atoms with Crippen molar-refractivity contribution in [1.82, 2.24) is 19.9 Å². The third-order valence-electron chi connectivity index (χ3n) is 6.45. The minimum absolute atomic E-state index is 0.0294. The molecule has 0 aliphatic carbocycles. The van der Waals surface area contributed by atoms with Gasteiger partial charge in [-0.1, -0.05) is 23.4 Å². The summed E-state index contributed by atoms with van der Waals surface area (Å²) in [4.78, 5) is 11.1. The van der Waals surface area contributed by atoms with Crippen molar-refractivity contribution in [2.24, 2.45) is 5.84 Å². The van der Waals surface area contributed by atoms with Crippen LogP contribution in [-0.2, 0) is 0 Å². The Kier molecular flexibility index (Phi) is 7.96. The second kappa shape index (κ2) is 11.0. The quantitative estimate of drug-likeness (QED) is 0.275. The van der Waals surface area contributed by atoms with Crippen LogP contribution < -0.4 is 15.9 Å². The monoisotopic (exact) mass is 510 g/mol. The number of aromatic nitrogens is 2. The number of rotatable bonds is 6. The van der Waals surface area contributed by atoms with E-state index < -0.39 is 11.4 Å². The Labute approximate surface area is 216 Å². The average Bonchev–Trinajstić information content (AvgIpc) is 2.85. The van der Waals surface area contributed by atoms with Crippen LogP contribution in [0.1, 0.15) is 39.2 Å². The summed E-state index contributed by atoms with van der Waals surface area (Å²) in [7, 11) is 2.13. The Morgan fingerprint density at radius 1 is 1.25 bits per heavy atom. The number of hydrogen-bond donors (Lipinski definition) is 2. The molecular formula is C27H32ClFN6O. The molecule has 0 bridgehead atoms. The third kappa shape index (κ3) is 5.88. The molecule has 1 fully saturated rings. The number of hydrogen-bond acceptors (Lipinski definition) is 7. The van der Waals surface area contributed by atoms with E-state index in [-0.39, 0.29) is 11.1 Å². The van der Waals surface area contributed by atoms with Gasteiger partial charge in [0.2, 0.25) is 0 Å². The molecule has 3 N–H and O–H groups in total. The van der Waals surface area contributed by atoms with E-state index in [4.69, 9.17) is 22.2 Å². The molecule has 2 aromatic carbocycles. The molecule has 36 heavy (non-hydrogen) atoms. The zero-order chi connectivity index (χ0) is 25.9. The maximum absolute atomic E-state index is 13.6. The minimum atomic E-state index is -0.544. The zero-order valence-corrected chi connectivity index (χ0v) is 21.9. The van der Waals surface area contributed by atoms with Gasteiger partial charge in [0.25, 0.3) is 0 Å². The van der Waals surface area contributed by atoms with Gasteiger partial charge in [-0.25, -0.2) is 19.4 Å².